The summed E-state index contributed by atoms with van der Waals surface area (Å²) in [7, 11) is 0. The summed E-state index contributed by atoms with van der Waals surface area (Å²) in [4.78, 5) is 12.1. The van der Waals surface area contributed by atoms with Crippen LogP contribution in [-0.4, -0.2) is 17.7 Å². The number of halogens is 1. The Bertz CT molecular complexity index is 603. The van der Waals surface area contributed by atoms with Gasteiger partial charge in [0.25, 0.3) is 0 Å². The second-order valence-corrected chi connectivity index (χ2v) is 6.81. The maximum atomic E-state index is 12.1. The van der Waals surface area contributed by atoms with E-state index in [4.69, 9.17) is 11.6 Å². The Morgan fingerprint density at radius 2 is 1.82 bits per heavy atom. The Hall–Kier alpha value is -1.45. The van der Waals surface area contributed by atoms with E-state index in [1.165, 1.54) is 5.56 Å². The van der Waals surface area contributed by atoms with Gasteiger partial charge in [-0.1, -0.05) is 60.1 Å². The normalized spacial score (nSPS) is 11.9. The number of nitrogens with one attached hydrogen (secondary N) is 1. The van der Waals surface area contributed by atoms with E-state index in [9.17, 15) is 4.79 Å². The first-order valence-electron chi connectivity index (χ1n) is 7.33. The third-order valence-corrected chi connectivity index (χ3v) is 4.93. The fourth-order valence-electron chi connectivity index (χ4n) is 2.02. The summed E-state index contributed by atoms with van der Waals surface area (Å²) in [5.74, 6) is 0.820. The number of hydrogen-bond donors (Lipinski definition) is 1. The number of rotatable bonds is 7. The number of carbonyl (C=O) groups excluding carboxylic acids is 1. The largest absolute Gasteiger partial charge is 0.355 e. The number of thioether (sulfide) groups is 1. The predicted octanol–water partition coefficient (Wildman–Crippen LogP) is 4.32. The van der Waals surface area contributed by atoms with E-state index in [2.05, 4.69) is 17.4 Å². The molecule has 0 bridgehead atoms. The van der Waals surface area contributed by atoms with Gasteiger partial charge in [-0.15, -0.1) is 11.8 Å². The Balaban J connectivity index is 1.72. The smallest absolute Gasteiger partial charge is 0.232 e. The molecular weight excluding hydrogens is 314 g/mol. The Morgan fingerprint density at radius 3 is 2.55 bits per heavy atom. The molecule has 0 aliphatic rings. The minimum atomic E-state index is -0.0907. The van der Waals surface area contributed by atoms with E-state index in [1.807, 2.05) is 49.4 Å². The molecule has 0 saturated heterocycles. The molecule has 1 atom stereocenters. The lowest BCUT2D eigenvalue weighted by molar-refractivity contribution is -0.120. The van der Waals surface area contributed by atoms with Crippen molar-refractivity contribution in [3.05, 3.63) is 70.7 Å². The quantitative estimate of drug-likeness (QED) is 0.817. The first-order chi connectivity index (χ1) is 10.7. The highest BCUT2D eigenvalue weighted by Crippen LogP contribution is 2.23. The molecule has 2 rings (SSSR count). The lowest BCUT2D eigenvalue weighted by atomic mass is 10.1. The van der Waals surface area contributed by atoms with Gasteiger partial charge in [-0.3, -0.25) is 4.79 Å². The molecule has 2 aromatic carbocycles. The van der Waals surface area contributed by atoms with Crippen molar-refractivity contribution in [1.29, 1.82) is 0 Å². The molecule has 0 aromatic heterocycles. The Kier molecular flexibility index (Phi) is 6.81. The summed E-state index contributed by atoms with van der Waals surface area (Å²) < 4.78 is 0. The molecule has 4 heteroatoms. The zero-order chi connectivity index (χ0) is 15.8. The lowest BCUT2D eigenvalue weighted by Gasteiger charge is -2.12. The van der Waals surface area contributed by atoms with Crippen LogP contribution >= 0.6 is 23.4 Å². The molecular formula is C18H20ClNOS. The summed E-state index contributed by atoms with van der Waals surface area (Å²) in [6.07, 6.45) is 0.856. The van der Waals surface area contributed by atoms with Gasteiger partial charge in [0, 0.05) is 17.3 Å². The molecule has 2 aromatic rings. The SMILES string of the molecule is CC(SCc1ccccc1Cl)C(=O)NCCc1ccccc1. The van der Waals surface area contributed by atoms with Gasteiger partial charge in [0.05, 0.1) is 5.25 Å². The maximum Gasteiger partial charge on any atom is 0.232 e. The van der Waals surface area contributed by atoms with Crippen LogP contribution in [0.3, 0.4) is 0 Å². The van der Waals surface area contributed by atoms with Crippen molar-refractivity contribution in [2.75, 3.05) is 6.54 Å². The van der Waals surface area contributed by atoms with Gasteiger partial charge in [0.15, 0.2) is 0 Å². The number of carbonyl (C=O) groups is 1. The van der Waals surface area contributed by atoms with Crippen molar-refractivity contribution in [2.45, 2.75) is 24.3 Å². The minimum Gasteiger partial charge on any atom is -0.355 e. The van der Waals surface area contributed by atoms with E-state index in [-0.39, 0.29) is 11.2 Å². The lowest BCUT2D eigenvalue weighted by Crippen LogP contribution is -2.32. The highest BCUT2D eigenvalue weighted by atomic mass is 35.5. The first-order valence-corrected chi connectivity index (χ1v) is 8.76. The summed E-state index contributed by atoms with van der Waals surface area (Å²) in [5.41, 5.74) is 2.30. The van der Waals surface area contributed by atoms with Crippen LogP contribution in [0.25, 0.3) is 0 Å². The maximum absolute atomic E-state index is 12.1. The summed E-state index contributed by atoms with van der Waals surface area (Å²) >= 11 is 7.73. The Morgan fingerprint density at radius 1 is 1.14 bits per heavy atom. The van der Waals surface area contributed by atoms with E-state index < -0.39 is 0 Å². The van der Waals surface area contributed by atoms with Crippen LogP contribution in [0.5, 0.6) is 0 Å². The van der Waals surface area contributed by atoms with Crippen molar-refractivity contribution in [2.24, 2.45) is 0 Å². The van der Waals surface area contributed by atoms with E-state index in [0.29, 0.717) is 6.54 Å². The molecule has 0 radical (unpaired) electrons. The second-order valence-electron chi connectivity index (χ2n) is 5.07. The Labute approximate surface area is 141 Å². The molecule has 0 spiro atoms. The average molecular weight is 334 g/mol. The summed E-state index contributed by atoms with van der Waals surface area (Å²) in [6, 6.07) is 17.9. The van der Waals surface area contributed by atoms with Gasteiger partial charge in [0.2, 0.25) is 5.91 Å². The van der Waals surface area contributed by atoms with Crippen LogP contribution in [0.1, 0.15) is 18.1 Å². The molecule has 22 heavy (non-hydrogen) atoms. The fraction of sp³-hybridized carbons (Fsp3) is 0.278. The van der Waals surface area contributed by atoms with Gasteiger partial charge in [0.1, 0.15) is 0 Å². The van der Waals surface area contributed by atoms with Crippen molar-refractivity contribution in [1.82, 2.24) is 5.32 Å². The highest BCUT2D eigenvalue weighted by molar-refractivity contribution is 7.99. The van der Waals surface area contributed by atoms with Crippen LogP contribution in [-0.2, 0) is 17.0 Å². The predicted molar refractivity (Wildman–Crippen MR) is 95.4 cm³/mol. The molecule has 0 aliphatic heterocycles. The summed E-state index contributed by atoms with van der Waals surface area (Å²) in [5, 5.41) is 3.65. The molecule has 0 aliphatic carbocycles. The van der Waals surface area contributed by atoms with Gasteiger partial charge in [-0.25, -0.2) is 0 Å². The van der Waals surface area contributed by atoms with Crippen LogP contribution in [0, 0.1) is 0 Å². The van der Waals surface area contributed by atoms with Crippen molar-refractivity contribution < 1.29 is 4.79 Å². The molecule has 1 unspecified atom stereocenters. The van der Waals surface area contributed by atoms with Gasteiger partial charge in [-0.2, -0.15) is 0 Å². The number of hydrogen-bond acceptors (Lipinski definition) is 2. The van der Waals surface area contributed by atoms with Gasteiger partial charge < -0.3 is 5.32 Å². The second kappa shape index (κ2) is 8.86. The van der Waals surface area contributed by atoms with Crippen LogP contribution in [0.2, 0.25) is 5.02 Å². The average Bonchev–Trinajstić information content (AvgIpc) is 2.54. The third-order valence-electron chi connectivity index (χ3n) is 3.37. The zero-order valence-electron chi connectivity index (χ0n) is 12.6. The standard InChI is InChI=1S/C18H20ClNOS/c1-14(22-13-16-9-5-6-10-17(16)19)18(21)20-12-11-15-7-3-2-4-8-15/h2-10,14H,11-13H2,1H3,(H,20,21). The van der Waals surface area contributed by atoms with E-state index in [1.54, 1.807) is 11.8 Å². The van der Waals surface area contributed by atoms with Crippen molar-refractivity contribution in [3.8, 4) is 0 Å². The van der Waals surface area contributed by atoms with E-state index in [0.717, 1.165) is 22.8 Å². The minimum absolute atomic E-state index is 0.0768. The topological polar surface area (TPSA) is 29.1 Å². The molecule has 116 valence electrons. The van der Waals surface area contributed by atoms with Crippen molar-refractivity contribution in [3.63, 3.8) is 0 Å². The number of benzene rings is 2. The van der Waals surface area contributed by atoms with Crippen LogP contribution in [0.15, 0.2) is 54.6 Å². The van der Waals surface area contributed by atoms with E-state index >= 15 is 0 Å². The fourth-order valence-corrected chi connectivity index (χ4v) is 3.22. The van der Waals surface area contributed by atoms with Crippen LogP contribution in [0.4, 0.5) is 0 Å². The van der Waals surface area contributed by atoms with Gasteiger partial charge >= 0.3 is 0 Å². The molecule has 2 nitrogen and oxygen atoms in total. The van der Waals surface area contributed by atoms with Crippen LogP contribution < -0.4 is 5.32 Å². The molecule has 0 saturated carbocycles. The number of amides is 1. The molecule has 0 fully saturated rings. The van der Waals surface area contributed by atoms with Crippen molar-refractivity contribution >= 4 is 29.3 Å². The summed E-state index contributed by atoms with van der Waals surface area (Å²) in [6.45, 7) is 2.60. The first kappa shape index (κ1) is 16.9. The molecule has 1 N–H and O–H groups in total. The van der Waals surface area contributed by atoms with Gasteiger partial charge in [-0.05, 0) is 30.5 Å². The molecule has 0 heterocycles. The monoisotopic (exact) mass is 333 g/mol. The molecule has 1 amide bonds. The zero-order valence-corrected chi connectivity index (χ0v) is 14.2. The third kappa shape index (κ3) is 5.39. The highest BCUT2D eigenvalue weighted by Gasteiger charge is 2.13.